The lowest BCUT2D eigenvalue weighted by molar-refractivity contribution is -0.126. The van der Waals surface area contributed by atoms with Gasteiger partial charge < -0.3 is 5.32 Å². The highest BCUT2D eigenvalue weighted by Gasteiger charge is 2.32. The average Bonchev–Trinajstić information content (AvgIpc) is 3.27. The molecular formula is C24H30N2O3S2. The van der Waals surface area contributed by atoms with Gasteiger partial charge in [0.15, 0.2) is 0 Å². The predicted octanol–water partition coefficient (Wildman–Crippen LogP) is 4.18. The first-order valence-corrected chi connectivity index (χ1v) is 13.6. The number of carbonyl (C=O) groups excluding carboxylic acids is 1. The van der Waals surface area contributed by atoms with Crippen molar-refractivity contribution < 1.29 is 13.2 Å². The van der Waals surface area contributed by atoms with Gasteiger partial charge in [-0.15, -0.1) is 11.8 Å². The van der Waals surface area contributed by atoms with E-state index in [1.807, 2.05) is 25.3 Å². The molecule has 1 heterocycles. The van der Waals surface area contributed by atoms with Gasteiger partial charge in [-0.05, 0) is 86.2 Å². The van der Waals surface area contributed by atoms with E-state index in [9.17, 15) is 13.2 Å². The van der Waals surface area contributed by atoms with E-state index in [0.29, 0.717) is 30.8 Å². The van der Waals surface area contributed by atoms with Crippen LogP contribution in [0, 0.1) is 5.92 Å². The highest BCUT2D eigenvalue weighted by molar-refractivity contribution is 7.98. The van der Waals surface area contributed by atoms with E-state index < -0.39 is 10.0 Å². The third-order valence-corrected chi connectivity index (χ3v) is 9.16. The zero-order valence-electron chi connectivity index (χ0n) is 18.1. The summed E-state index contributed by atoms with van der Waals surface area (Å²) in [6.07, 6.45) is 6.54. The Balaban J connectivity index is 1.34. The van der Waals surface area contributed by atoms with Crippen molar-refractivity contribution in [1.29, 1.82) is 0 Å². The van der Waals surface area contributed by atoms with E-state index in [4.69, 9.17) is 0 Å². The maximum absolute atomic E-state index is 12.9. The van der Waals surface area contributed by atoms with Gasteiger partial charge in [0.25, 0.3) is 0 Å². The van der Waals surface area contributed by atoms with Gasteiger partial charge in [0, 0.05) is 23.9 Å². The van der Waals surface area contributed by atoms with Gasteiger partial charge in [0.05, 0.1) is 10.9 Å². The third-order valence-electron chi connectivity index (χ3n) is 6.50. The zero-order chi connectivity index (χ0) is 22.0. The molecule has 0 saturated carbocycles. The number of hydrogen-bond donors (Lipinski definition) is 1. The molecule has 5 nitrogen and oxygen atoms in total. The fraction of sp³-hybridized carbons (Fsp3) is 0.458. The summed E-state index contributed by atoms with van der Waals surface area (Å²) in [6, 6.07) is 13.5. The minimum atomic E-state index is -3.52. The number of nitrogens with zero attached hydrogens (tertiary/aromatic N) is 1. The number of piperidine rings is 1. The Labute approximate surface area is 189 Å². The van der Waals surface area contributed by atoms with Crippen molar-refractivity contribution in [2.75, 3.05) is 19.3 Å². The minimum absolute atomic E-state index is 0.0226. The van der Waals surface area contributed by atoms with Crippen molar-refractivity contribution in [1.82, 2.24) is 9.62 Å². The van der Waals surface area contributed by atoms with Crippen molar-refractivity contribution >= 4 is 27.7 Å². The Morgan fingerprint density at radius 1 is 1.06 bits per heavy atom. The maximum Gasteiger partial charge on any atom is 0.243 e. The summed E-state index contributed by atoms with van der Waals surface area (Å²) in [7, 11) is -3.52. The Hall–Kier alpha value is -1.83. The summed E-state index contributed by atoms with van der Waals surface area (Å²) in [4.78, 5) is 14.2. The van der Waals surface area contributed by atoms with E-state index >= 15 is 0 Å². The topological polar surface area (TPSA) is 66.5 Å². The molecule has 7 heteroatoms. The van der Waals surface area contributed by atoms with Crippen molar-refractivity contribution in [3.8, 4) is 0 Å². The highest BCUT2D eigenvalue weighted by atomic mass is 32.2. The molecule has 31 heavy (non-hydrogen) atoms. The van der Waals surface area contributed by atoms with Crippen molar-refractivity contribution in [2.24, 2.45) is 5.92 Å². The van der Waals surface area contributed by atoms with Gasteiger partial charge in [-0.1, -0.05) is 18.2 Å². The van der Waals surface area contributed by atoms with Crippen LogP contribution in [0.1, 0.15) is 48.9 Å². The fourth-order valence-electron chi connectivity index (χ4n) is 4.53. The number of hydrogen-bond acceptors (Lipinski definition) is 4. The molecule has 1 saturated heterocycles. The van der Waals surface area contributed by atoms with Crippen LogP contribution >= 0.6 is 11.8 Å². The van der Waals surface area contributed by atoms with Gasteiger partial charge in [-0.3, -0.25) is 4.79 Å². The Morgan fingerprint density at radius 2 is 1.74 bits per heavy atom. The monoisotopic (exact) mass is 458 g/mol. The summed E-state index contributed by atoms with van der Waals surface area (Å²) < 4.78 is 27.4. The maximum atomic E-state index is 12.9. The van der Waals surface area contributed by atoms with Crippen LogP contribution in [0.4, 0.5) is 0 Å². The van der Waals surface area contributed by atoms with Crippen molar-refractivity contribution in [3.05, 3.63) is 59.2 Å². The van der Waals surface area contributed by atoms with Crippen LogP contribution in [0.5, 0.6) is 0 Å². The van der Waals surface area contributed by atoms with Gasteiger partial charge >= 0.3 is 0 Å². The fourth-order valence-corrected chi connectivity index (χ4v) is 6.41. The molecule has 1 fully saturated rings. The van der Waals surface area contributed by atoms with Crippen molar-refractivity contribution in [2.45, 2.75) is 54.9 Å². The second kappa shape index (κ2) is 9.35. The Kier molecular flexibility index (Phi) is 6.74. The SMILES string of the molecule is CSc1ccc(S(=O)(=O)N2CCC(C(=O)NC(C)c3ccc4c(c3)CCC4)CC2)cc1. The molecule has 2 aromatic rings. The van der Waals surface area contributed by atoms with Crippen LogP contribution in [0.25, 0.3) is 0 Å². The summed E-state index contributed by atoms with van der Waals surface area (Å²) in [5, 5.41) is 3.15. The van der Waals surface area contributed by atoms with E-state index in [1.165, 1.54) is 21.9 Å². The molecule has 1 aliphatic heterocycles. The molecule has 1 atom stereocenters. The number of carbonyl (C=O) groups is 1. The molecule has 0 spiro atoms. The molecule has 2 aliphatic rings. The summed E-state index contributed by atoms with van der Waals surface area (Å²) in [5.74, 6) is -0.128. The minimum Gasteiger partial charge on any atom is -0.349 e. The van der Waals surface area contributed by atoms with E-state index in [2.05, 4.69) is 23.5 Å². The number of rotatable bonds is 6. The molecule has 1 amide bonds. The molecule has 0 aromatic heterocycles. The number of amides is 1. The Morgan fingerprint density at radius 3 is 2.42 bits per heavy atom. The molecule has 0 radical (unpaired) electrons. The lowest BCUT2D eigenvalue weighted by atomic mass is 9.96. The summed E-state index contributed by atoms with van der Waals surface area (Å²) in [6.45, 7) is 2.77. The van der Waals surface area contributed by atoms with Crippen LogP contribution in [-0.4, -0.2) is 38.0 Å². The number of sulfonamides is 1. The first-order chi connectivity index (χ1) is 14.9. The van der Waals surface area contributed by atoms with E-state index in [1.54, 1.807) is 23.9 Å². The number of aryl methyl sites for hydroxylation is 2. The molecule has 1 aliphatic carbocycles. The second-order valence-corrected chi connectivity index (χ2v) is 11.3. The van der Waals surface area contributed by atoms with Crippen LogP contribution < -0.4 is 5.32 Å². The molecule has 1 unspecified atom stereocenters. The van der Waals surface area contributed by atoms with Crippen LogP contribution in [-0.2, 0) is 27.7 Å². The van der Waals surface area contributed by atoms with Gasteiger partial charge in [0.1, 0.15) is 0 Å². The third kappa shape index (κ3) is 4.83. The van der Waals surface area contributed by atoms with Gasteiger partial charge in [-0.25, -0.2) is 8.42 Å². The van der Waals surface area contributed by atoms with Gasteiger partial charge in [0.2, 0.25) is 15.9 Å². The van der Waals surface area contributed by atoms with Crippen molar-refractivity contribution in [3.63, 3.8) is 0 Å². The Bertz CT molecular complexity index is 1040. The number of benzene rings is 2. The second-order valence-electron chi connectivity index (χ2n) is 8.47. The molecule has 1 N–H and O–H groups in total. The predicted molar refractivity (Wildman–Crippen MR) is 125 cm³/mol. The molecular weight excluding hydrogens is 428 g/mol. The number of thioether (sulfide) groups is 1. The van der Waals surface area contributed by atoms with E-state index in [0.717, 1.165) is 23.3 Å². The number of fused-ring (bicyclic) bond motifs is 1. The molecule has 0 bridgehead atoms. The molecule has 166 valence electrons. The quantitative estimate of drug-likeness (QED) is 0.660. The lowest BCUT2D eigenvalue weighted by Crippen LogP contribution is -2.43. The highest BCUT2D eigenvalue weighted by Crippen LogP contribution is 2.28. The average molecular weight is 459 g/mol. The first-order valence-electron chi connectivity index (χ1n) is 10.9. The summed E-state index contributed by atoms with van der Waals surface area (Å²) in [5.41, 5.74) is 3.98. The van der Waals surface area contributed by atoms with Gasteiger partial charge in [-0.2, -0.15) is 4.31 Å². The van der Waals surface area contributed by atoms with Crippen LogP contribution in [0.2, 0.25) is 0 Å². The van der Waals surface area contributed by atoms with E-state index in [-0.39, 0.29) is 17.9 Å². The smallest absolute Gasteiger partial charge is 0.243 e. The first kappa shape index (κ1) is 22.4. The number of nitrogens with one attached hydrogen (secondary N) is 1. The largest absolute Gasteiger partial charge is 0.349 e. The lowest BCUT2D eigenvalue weighted by Gasteiger charge is -2.31. The van der Waals surface area contributed by atoms with Crippen LogP contribution in [0.3, 0.4) is 0 Å². The normalized spacial score (nSPS) is 18.5. The standard InChI is InChI=1S/C24H30N2O3S2/c1-17(20-7-6-18-4-3-5-21(18)16-20)25-24(27)19-12-14-26(15-13-19)31(28,29)23-10-8-22(30-2)9-11-23/h6-11,16-17,19H,3-5,12-15H2,1-2H3,(H,25,27). The zero-order valence-corrected chi connectivity index (χ0v) is 19.8. The molecule has 4 rings (SSSR count). The molecule has 2 aromatic carbocycles. The summed E-state index contributed by atoms with van der Waals surface area (Å²) >= 11 is 1.58. The van der Waals surface area contributed by atoms with Crippen LogP contribution in [0.15, 0.2) is 52.3 Å².